The lowest BCUT2D eigenvalue weighted by Crippen LogP contribution is -2.50. The number of benzene rings is 1. The summed E-state index contributed by atoms with van der Waals surface area (Å²) in [5, 5.41) is 0.620. The Morgan fingerprint density at radius 1 is 1.42 bits per heavy atom. The minimum Gasteiger partial charge on any atom is -0.483 e. The fraction of sp³-hybridized carbons (Fsp3) is 0.562. The Hall–Kier alpha value is -1.31. The average Bonchev–Trinajstić information content (AvgIpc) is 2.51. The van der Waals surface area contributed by atoms with Crippen LogP contribution in [0.25, 0.3) is 0 Å². The Bertz CT molecular complexity index is 693. The van der Waals surface area contributed by atoms with Crippen LogP contribution in [-0.2, 0) is 14.8 Å². The first-order valence-electron chi connectivity index (χ1n) is 7.89. The third kappa shape index (κ3) is 5.65. The molecule has 0 bridgehead atoms. The van der Waals surface area contributed by atoms with Crippen LogP contribution in [0.4, 0.5) is 0 Å². The van der Waals surface area contributed by atoms with Crippen molar-refractivity contribution in [2.45, 2.75) is 32.2 Å². The summed E-state index contributed by atoms with van der Waals surface area (Å²) in [5.41, 5.74) is 0.865. The molecule has 1 aromatic rings. The molecule has 0 aliphatic carbocycles. The molecule has 8 heteroatoms. The van der Waals surface area contributed by atoms with Gasteiger partial charge in [0.05, 0.1) is 6.26 Å². The lowest BCUT2D eigenvalue weighted by molar-refractivity contribution is -0.136. The van der Waals surface area contributed by atoms with Gasteiger partial charge in [0.1, 0.15) is 5.75 Å². The fourth-order valence-corrected chi connectivity index (χ4v) is 3.51. The van der Waals surface area contributed by atoms with E-state index in [0.29, 0.717) is 17.3 Å². The van der Waals surface area contributed by atoms with Gasteiger partial charge in [-0.05, 0) is 49.9 Å². The van der Waals surface area contributed by atoms with Gasteiger partial charge in [-0.15, -0.1) is 0 Å². The van der Waals surface area contributed by atoms with Crippen LogP contribution in [-0.4, -0.2) is 51.2 Å². The molecule has 1 saturated heterocycles. The second kappa shape index (κ2) is 8.18. The zero-order valence-electron chi connectivity index (χ0n) is 13.9. The van der Waals surface area contributed by atoms with Crippen molar-refractivity contribution in [3.8, 4) is 5.75 Å². The van der Waals surface area contributed by atoms with E-state index in [4.69, 9.17) is 16.3 Å². The lowest BCUT2D eigenvalue weighted by Gasteiger charge is -2.35. The van der Waals surface area contributed by atoms with E-state index in [1.165, 1.54) is 0 Å². The number of ether oxygens (including phenoxy) is 1. The van der Waals surface area contributed by atoms with Crippen LogP contribution in [0, 0.1) is 6.92 Å². The number of carbonyl (C=O) groups excluding carboxylic acids is 1. The first-order chi connectivity index (χ1) is 11.3. The third-order valence-corrected chi connectivity index (χ3v) is 4.94. The molecule has 2 rings (SSSR count). The second-order valence-electron chi connectivity index (χ2n) is 6.06. The largest absolute Gasteiger partial charge is 0.483 e. The number of aryl methyl sites for hydroxylation is 1. The quantitative estimate of drug-likeness (QED) is 0.825. The molecule has 1 aliphatic heterocycles. The molecule has 24 heavy (non-hydrogen) atoms. The molecule has 134 valence electrons. The summed E-state index contributed by atoms with van der Waals surface area (Å²) >= 11 is 5.91. The minimum atomic E-state index is -3.27. The van der Waals surface area contributed by atoms with Crippen molar-refractivity contribution in [2.75, 3.05) is 26.0 Å². The molecule has 1 heterocycles. The number of halogens is 1. The lowest BCUT2D eigenvalue weighted by atomic mass is 10.0. The van der Waals surface area contributed by atoms with Crippen molar-refractivity contribution in [1.82, 2.24) is 9.62 Å². The van der Waals surface area contributed by atoms with Gasteiger partial charge >= 0.3 is 0 Å². The number of rotatable bonds is 6. The molecule has 1 amide bonds. The van der Waals surface area contributed by atoms with E-state index in [0.717, 1.165) is 31.1 Å². The minimum absolute atomic E-state index is 0.0716. The molecule has 1 atom stereocenters. The van der Waals surface area contributed by atoms with Gasteiger partial charge in [0, 0.05) is 24.2 Å². The highest BCUT2D eigenvalue weighted by Crippen LogP contribution is 2.22. The van der Waals surface area contributed by atoms with Gasteiger partial charge in [0.15, 0.2) is 6.61 Å². The molecule has 0 radical (unpaired) electrons. The summed E-state index contributed by atoms with van der Waals surface area (Å²) in [7, 11) is -3.27. The normalized spacial score (nSPS) is 18.5. The highest BCUT2D eigenvalue weighted by molar-refractivity contribution is 7.88. The third-order valence-electron chi connectivity index (χ3n) is 4.02. The SMILES string of the molecule is Cc1cc(Cl)ccc1OCC(=O)N1CCCC[C@@H]1CNS(C)(=O)=O. The van der Waals surface area contributed by atoms with E-state index in [1.807, 2.05) is 6.92 Å². The van der Waals surface area contributed by atoms with Crippen LogP contribution in [0.3, 0.4) is 0 Å². The van der Waals surface area contributed by atoms with Crippen LogP contribution in [0.15, 0.2) is 18.2 Å². The first-order valence-corrected chi connectivity index (χ1v) is 10.2. The number of hydrogen-bond acceptors (Lipinski definition) is 4. The summed E-state index contributed by atoms with van der Waals surface area (Å²) in [6.45, 7) is 2.66. The Morgan fingerprint density at radius 3 is 2.83 bits per heavy atom. The van der Waals surface area contributed by atoms with Crippen molar-refractivity contribution >= 4 is 27.5 Å². The van der Waals surface area contributed by atoms with Crippen LogP contribution in [0.5, 0.6) is 5.75 Å². The summed E-state index contributed by atoms with van der Waals surface area (Å²) in [5.74, 6) is 0.486. The van der Waals surface area contributed by atoms with Gasteiger partial charge in [-0.3, -0.25) is 4.79 Å². The number of carbonyl (C=O) groups is 1. The van der Waals surface area contributed by atoms with Gasteiger partial charge in [-0.25, -0.2) is 13.1 Å². The molecule has 0 spiro atoms. The maximum absolute atomic E-state index is 12.5. The van der Waals surface area contributed by atoms with Crippen LogP contribution in [0.1, 0.15) is 24.8 Å². The average molecular weight is 375 g/mol. The van der Waals surface area contributed by atoms with Crippen molar-refractivity contribution in [3.63, 3.8) is 0 Å². The van der Waals surface area contributed by atoms with E-state index in [9.17, 15) is 13.2 Å². The van der Waals surface area contributed by atoms with Crippen molar-refractivity contribution < 1.29 is 17.9 Å². The topological polar surface area (TPSA) is 75.7 Å². The first kappa shape index (κ1) is 19.0. The summed E-state index contributed by atoms with van der Waals surface area (Å²) in [4.78, 5) is 14.2. The van der Waals surface area contributed by atoms with Crippen molar-refractivity contribution in [3.05, 3.63) is 28.8 Å². The van der Waals surface area contributed by atoms with Gasteiger partial charge in [0.25, 0.3) is 5.91 Å². The Kier molecular flexibility index (Phi) is 6.48. The Balaban J connectivity index is 1.95. The Morgan fingerprint density at radius 2 is 2.17 bits per heavy atom. The van der Waals surface area contributed by atoms with Crippen LogP contribution in [0.2, 0.25) is 5.02 Å². The number of hydrogen-bond donors (Lipinski definition) is 1. The van der Waals surface area contributed by atoms with E-state index in [1.54, 1.807) is 23.1 Å². The molecule has 0 unspecified atom stereocenters. The molecular weight excluding hydrogens is 352 g/mol. The molecule has 1 N–H and O–H groups in total. The van der Waals surface area contributed by atoms with Gasteiger partial charge in [-0.1, -0.05) is 11.6 Å². The van der Waals surface area contributed by atoms with Gasteiger partial charge in [0.2, 0.25) is 10.0 Å². The zero-order valence-corrected chi connectivity index (χ0v) is 15.5. The highest BCUT2D eigenvalue weighted by Gasteiger charge is 2.27. The molecule has 6 nitrogen and oxygen atoms in total. The number of nitrogens with one attached hydrogen (secondary N) is 1. The summed E-state index contributed by atoms with van der Waals surface area (Å²) in [6, 6.07) is 5.11. The second-order valence-corrected chi connectivity index (χ2v) is 8.33. The number of piperidine rings is 1. The number of likely N-dealkylation sites (tertiary alicyclic amines) is 1. The Labute approximate surface area is 148 Å². The predicted molar refractivity (Wildman–Crippen MR) is 93.9 cm³/mol. The molecule has 0 saturated carbocycles. The van der Waals surface area contributed by atoms with Crippen LogP contribution < -0.4 is 9.46 Å². The van der Waals surface area contributed by atoms with E-state index < -0.39 is 10.0 Å². The summed E-state index contributed by atoms with van der Waals surface area (Å²) < 4.78 is 30.7. The number of sulfonamides is 1. The zero-order chi connectivity index (χ0) is 17.7. The smallest absolute Gasteiger partial charge is 0.260 e. The maximum atomic E-state index is 12.5. The molecule has 1 fully saturated rings. The summed E-state index contributed by atoms with van der Waals surface area (Å²) in [6.07, 6.45) is 3.81. The molecule has 1 aromatic carbocycles. The molecule has 1 aliphatic rings. The van der Waals surface area contributed by atoms with Gasteiger partial charge in [-0.2, -0.15) is 0 Å². The number of nitrogens with zero attached hydrogens (tertiary/aromatic N) is 1. The van der Waals surface area contributed by atoms with E-state index >= 15 is 0 Å². The maximum Gasteiger partial charge on any atom is 0.260 e. The van der Waals surface area contributed by atoms with Gasteiger partial charge < -0.3 is 9.64 Å². The van der Waals surface area contributed by atoms with Crippen molar-refractivity contribution in [2.24, 2.45) is 0 Å². The fourth-order valence-electron chi connectivity index (χ4n) is 2.79. The highest BCUT2D eigenvalue weighted by atomic mass is 35.5. The standard InChI is InChI=1S/C16H23ClN2O4S/c1-12-9-13(17)6-7-15(12)23-11-16(20)19-8-4-3-5-14(19)10-18-24(2,21)22/h6-7,9,14,18H,3-5,8,10-11H2,1-2H3/t14-/m1/s1. The van der Waals surface area contributed by atoms with Crippen LogP contribution >= 0.6 is 11.6 Å². The number of amides is 1. The molecule has 0 aromatic heterocycles. The van der Waals surface area contributed by atoms with Crippen molar-refractivity contribution in [1.29, 1.82) is 0 Å². The molecular formula is C16H23ClN2O4S. The van der Waals surface area contributed by atoms with E-state index in [-0.39, 0.29) is 25.1 Å². The predicted octanol–water partition coefficient (Wildman–Crippen LogP) is 1.96. The van der Waals surface area contributed by atoms with E-state index in [2.05, 4.69) is 4.72 Å². The monoisotopic (exact) mass is 374 g/mol.